The Morgan fingerprint density at radius 2 is 1.92 bits per heavy atom. The lowest BCUT2D eigenvalue weighted by atomic mass is 10.1. The van der Waals surface area contributed by atoms with Crippen molar-refractivity contribution in [2.24, 2.45) is 0 Å². The maximum atomic E-state index is 14.1. The number of anilines is 1. The van der Waals surface area contributed by atoms with E-state index in [1.807, 2.05) is 19.0 Å². The standard InChI is InChI=1S/C18H17F4N3O/c1-25(2)9-8-23-11-6-7-15-14(10-11)24-17(26-15)16-12(18(20,21)22)4-3-5-13(16)19/h3-7,10,23H,8-9H2,1-2H3. The van der Waals surface area contributed by atoms with Crippen molar-refractivity contribution in [1.82, 2.24) is 9.88 Å². The van der Waals surface area contributed by atoms with Crippen molar-refractivity contribution in [2.75, 3.05) is 32.5 Å². The molecular weight excluding hydrogens is 350 g/mol. The lowest BCUT2D eigenvalue weighted by molar-refractivity contribution is -0.137. The Morgan fingerprint density at radius 3 is 2.62 bits per heavy atom. The molecule has 1 N–H and O–H groups in total. The van der Waals surface area contributed by atoms with Gasteiger partial charge in [0.1, 0.15) is 11.3 Å². The van der Waals surface area contributed by atoms with E-state index in [1.54, 1.807) is 18.2 Å². The summed E-state index contributed by atoms with van der Waals surface area (Å²) in [7, 11) is 3.89. The van der Waals surface area contributed by atoms with Crippen molar-refractivity contribution in [3.05, 3.63) is 47.8 Å². The number of fused-ring (bicyclic) bond motifs is 1. The molecule has 0 aliphatic rings. The van der Waals surface area contributed by atoms with E-state index in [-0.39, 0.29) is 5.58 Å². The molecule has 0 saturated carbocycles. The molecule has 0 saturated heterocycles. The Kier molecular flexibility index (Phi) is 4.86. The molecule has 3 rings (SSSR count). The van der Waals surface area contributed by atoms with Crippen LogP contribution in [0.3, 0.4) is 0 Å². The molecule has 0 unspecified atom stereocenters. The van der Waals surface area contributed by atoms with Crippen molar-refractivity contribution < 1.29 is 22.0 Å². The van der Waals surface area contributed by atoms with Crippen LogP contribution in [-0.2, 0) is 6.18 Å². The summed E-state index contributed by atoms with van der Waals surface area (Å²) in [5.41, 5.74) is -0.406. The van der Waals surface area contributed by atoms with Gasteiger partial charge in [0.2, 0.25) is 5.89 Å². The molecular formula is C18H17F4N3O. The summed E-state index contributed by atoms with van der Waals surface area (Å²) in [6, 6.07) is 7.76. The summed E-state index contributed by atoms with van der Waals surface area (Å²) in [6.07, 6.45) is -4.71. The smallest absolute Gasteiger partial charge is 0.417 e. The van der Waals surface area contributed by atoms with E-state index in [2.05, 4.69) is 10.3 Å². The van der Waals surface area contributed by atoms with Crippen LogP contribution in [0.5, 0.6) is 0 Å². The number of halogens is 4. The quantitative estimate of drug-likeness (QED) is 0.668. The Morgan fingerprint density at radius 1 is 1.15 bits per heavy atom. The van der Waals surface area contributed by atoms with E-state index in [4.69, 9.17) is 4.42 Å². The van der Waals surface area contributed by atoms with Crippen LogP contribution >= 0.6 is 0 Å². The van der Waals surface area contributed by atoms with Gasteiger partial charge in [0.15, 0.2) is 5.58 Å². The van der Waals surface area contributed by atoms with Gasteiger partial charge in [-0.05, 0) is 44.4 Å². The summed E-state index contributed by atoms with van der Waals surface area (Å²) in [6.45, 7) is 1.50. The summed E-state index contributed by atoms with van der Waals surface area (Å²) in [5.74, 6) is -1.42. The molecule has 0 spiro atoms. The number of nitrogens with zero attached hydrogens (tertiary/aromatic N) is 2. The highest BCUT2D eigenvalue weighted by molar-refractivity contribution is 5.80. The summed E-state index contributed by atoms with van der Waals surface area (Å²) in [4.78, 5) is 6.08. The number of alkyl halides is 3. The minimum atomic E-state index is -4.71. The third-order valence-corrected chi connectivity index (χ3v) is 3.81. The van der Waals surface area contributed by atoms with Gasteiger partial charge in [-0.25, -0.2) is 9.37 Å². The van der Waals surface area contributed by atoms with Crippen molar-refractivity contribution in [3.63, 3.8) is 0 Å². The van der Waals surface area contributed by atoms with Crippen LogP contribution in [0.4, 0.5) is 23.2 Å². The van der Waals surface area contributed by atoms with Gasteiger partial charge in [-0.1, -0.05) is 6.07 Å². The van der Waals surface area contributed by atoms with E-state index in [1.165, 1.54) is 0 Å². The minimum absolute atomic E-state index is 0.287. The fourth-order valence-corrected chi connectivity index (χ4v) is 2.55. The Labute approximate surface area is 147 Å². The van der Waals surface area contributed by atoms with Gasteiger partial charge in [0.05, 0.1) is 11.1 Å². The van der Waals surface area contributed by atoms with Crippen LogP contribution in [0.15, 0.2) is 40.8 Å². The molecule has 0 aliphatic carbocycles. The number of likely N-dealkylation sites (N-methyl/N-ethyl adjacent to an activating group) is 1. The van der Waals surface area contributed by atoms with Crippen molar-refractivity contribution >= 4 is 16.8 Å². The second-order valence-corrected chi connectivity index (χ2v) is 6.09. The van der Waals surface area contributed by atoms with Crippen LogP contribution in [0.25, 0.3) is 22.6 Å². The molecule has 0 fully saturated rings. The SMILES string of the molecule is CN(C)CCNc1ccc2oc(-c3c(F)cccc3C(F)(F)F)nc2c1. The lowest BCUT2D eigenvalue weighted by Gasteiger charge is -2.10. The van der Waals surface area contributed by atoms with Crippen molar-refractivity contribution in [3.8, 4) is 11.5 Å². The van der Waals surface area contributed by atoms with Gasteiger partial charge in [0.25, 0.3) is 0 Å². The van der Waals surface area contributed by atoms with E-state index >= 15 is 0 Å². The van der Waals surface area contributed by atoms with Gasteiger partial charge in [0, 0.05) is 18.8 Å². The molecule has 1 heterocycles. The van der Waals surface area contributed by atoms with Gasteiger partial charge in [-0.2, -0.15) is 13.2 Å². The molecule has 0 radical (unpaired) electrons. The number of aromatic nitrogens is 1. The third kappa shape index (κ3) is 3.80. The maximum Gasteiger partial charge on any atom is 0.417 e. The van der Waals surface area contributed by atoms with Crippen LogP contribution in [-0.4, -0.2) is 37.1 Å². The maximum absolute atomic E-state index is 14.1. The molecule has 0 atom stereocenters. The molecule has 138 valence electrons. The number of hydrogen-bond donors (Lipinski definition) is 1. The van der Waals surface area contributed by atoms with Crippen LogP contribution in [0, 0.1) is 5.82 Å². The first-order chi connectivity index (χ1) is 12.3. The number of nitrogens with one attached hydrogen (secondary N) is 1. The number of rotatable bonds is 5. The third-order valence-electron chi connectivity index (χ3n) is 3.81. The fourth-order valence-electron chi connectivity index (χ4n) is 2.55. The van der Waals surface area contributed by atoms with Crippen LogP contribution in [0.2, 0.25) is 0 Å². The predicted molar refractivity (Wildman–Crippen MR) is 91.4 cm³/mol. The average molecular weight is 367 g/mol. The van der Waals surface area contributed by atoms with Gasteiger partial charge < -0.3 is 14.6 Å². The summed E-state index contributed by atoms with van der Waals surface area (Å²) in [5, 5.41) is 3.19. The fraction of sp³-hybridized carbons (Fsp3) is 0.278. The molecule has 2 aromatic carbocycles. The first-order valence-electron chi connectivity index (χ1n) is 7.91. The normalized spacial score (nSPS) is 12.1. The summed E-state index contributed by atoms with van der Waals surface area (Å²) < 4.78 is 59.0. The predicted octanol–water partition coefficient (Wildman–Crippen LogP) is 4.63. The van der Waals surface area contributed by atoms with E-state index in [0.29, 0.717) is 12.1 Å². The van der Waals surface area contributed by atoms with Gasteiger partial charge in [-0.3, -0.25) is 0 Å². The topological polar surface area (TPSA) is 41.3 Å². The van der Waals surface area contributed by atoms with Gasteiger partial charge >= 0.3 is 6.18 Å². The highest BCUT2D eigenvalue weighted by Gasteiger charge is 2.36. The zero-order chi connectivity index (χ0) is 18.9. The molecule has 26 heavy (non-hydrogen) atoms. The van der Waals surface area contributed by atoms with E-state index in [9.17, 15) is 17.6 Å². The molecule has 0 aliphatic heterocycles. The minimum Gasteiger partial charge on any atom is -0.436 e. The van der Waals surface area contributed by atoms with E-state index in [0.717, 1.165) is 30.4 Å². The zero-order valence-corrected chi connectivity index (χ0v) is 14.2. The number of benzene rings is 2. The molecule has 3 aromatic rings. The Balaban J connectivity index is 1.98. The summed E-state index contributed by atoms with van der Waals surface area (Å²) >= 11 is 0. The van der Waals surface area contributed by atoms with Crippen molar-refractivity contribution in [2.45, 2.75) is 6.18 Å². The zero-order valence-electron chi connectivity index (χ0n) is 14.2. The largest absolute Gasteiger partial charge is 0.436 e. The number of oxazole rings is 1. The molecule has 4 nitrogen and oxygen atoms in total. The van der Waals surface area contributed by atoms with Crippen LogP contribution < -0.4 is 5.32 Å². The molecule has 1 aromatic heterocycles. The number of hydrogen-bond acceptors (Lipinski definition) is 4. The molecule has 0 bridgehead atoms. The van der Waals surface area contributed by atoms with Crippen molar-refractivity contribution in [1.29, 1.82) is 0 Å². The highest BCUT2D eigenvalue weighted by atomic mass is 19.4. The second-order valence-electron chi connectivity index (χ2n) is 6.09. The Bertz CT molecular complexity index is 918. The van der Waals surface area contributed by atoms with E-state index < -0.39 is 29.0 Å². The lowest BCUT2D eigenvalue weighted by Crippen LogP contribution is -2.20. The Hall–Kier alpha value is -2.61. The first-order valence-corrected chi connectivity index (χ1v) is 7.91. The monoisotopic (exact) mass is 367 g/mol. The molecule has 8 heteroatoms. The molecule has 0 amide bonds. The van der Waals surface area contributed by atoms with Crippen LogP contribution in [0.1, 0.15) is 5.56 Å². The first kappa shape index (κ1) is 18.2. The highest BCUT2D eigenvalue weighted by Crippen LogP contribution is 2.39. The van der Waals surface area contributed by atoms with Gasteiger partial charge in [-0.15, -0.1) is 0 Å². The average Bonchev–Trinajstić information content (AvgIpc) is 2.96. The second kappa shape index (κ2) is 6.95.